The maximum atomic E-state index is 13.3. The topological polar surface area (TPSA) is 21.3 Å². The normalized spacial score (nSPS) is 12.2. The van der Waals surface area contributed by atoms with Crippen molar-refractivity contribution in [2.45, 2.75) is 26.3 Å². The summed E-state index contributed by atoms with van der Waals surface area (Å²) in [7, 11) is 0. The Labute approximate surface area is 133 Å². The number of benzene rings is 2. The third kappa shape index (κ3) is 4.55. The first-order chi connectivity index (χ1) is 10.1. The van der Waals surface area contributed by atoms with Gasteiger partial charge in [0.25, 0.3) is 0 Å². The lowest BCUT2D eigenvalue weighted by Gasteiger charge is -2.18. The van der Waals surface area contributed by atoms with Crippen molar-refractivity contribution >= 4 is 15.9 Å². The van der Waals surface area contributed by atoms with Crippen molar-refractivity contribution in [1.29, 1.82) is 0 Å². The summed E-state index contributed by atoms with van der Waals surface area (Å²) < 4.78 is 20.1. The molecular weight excluding hydrogens is 333 g/mol. The van der Waals surface area contributed by atoms with Crippen LogP contribution in [-0.2, 0) is 0 Å². The van der Waals surface area contributed by atoms with Gasteiger partial charge < -0.3 is 10.1 Å². The van der Waals surface area contributed by atoms with Crippen LogP contribution in [0.2, 0.25) is 0 Å². The lowest BCUT2D eigenvalue weighted by molar-refractivity contribution is 0.456. The molecule has 0 heterocycles. The van der Waals surface area contributed by atoms with Gasteiger partial charge in [-0.05, 0) is 50.2 Å². The van der Waals surface area contributed by atoms with Gasteiger partial charge in [0.15, 0.2) is 0 Å². The molecule has 0 aromatic heterocycles. The fourth-order valence-electron chi connectivity index (χ4n) is 2.08. The molecule has 0 saturated carbocycles. The Morgan fingerprint density at radius 1 is 1.24 bits per heavy atom. The molecule has 1 unspecified atom stereocenters. The third-order valence-electron chi connectivity index (χ3n) is 3.16. The Morgan fingerprint density at radius 3 is 2.76 bits per heavy atom. The number of hydrogen-bond acceptors (Lipinski definition) is 2. The molecule has 0 spiro atoms. The van der Waals surface area contributed by atoms with Gasteiger partial charge in [-0.1, -0.05) is 28.9 Å². The molecule has 2 aromatic carbocycles. The summed E-state index contributed by atoms with van der Waals surface area (Å²) in [5.41, 5.74) is 1.04. The fraction of sp³-hybridized carbons (Fsp3) is 0.294. The average Bonchev–Trinajstić information content (AvgIpc) is 2.46. The van der Waals surface area contributed by atoms with Crippen LogP contribution in [0.4, 0.5) is 4.39 Å². The molecule has 0 aliphatic heterocycles. The molecule has 0 radical (unpaired) electrons. The van der Waals surface area contributed by atoms with Crippen LogP contribution in [0, 0.1) is 5.82 Å². The smallest absolute Gasteiger partial charge is 0.132 e. The number of halogens is 2. The van der Waals surface area contributed by atoms with Gasteiger partial charge in [0.2, 0.25) is 0 Å². The van der Waals surface area contributed by atoms with Crippen LogP contribution in [0.25, 0.3) is 0 Å². The second kappa shape index (κ2) is 7.57. The highest BCUT2D eigenvalue weighted by Crippen LogP contribution is 2.32. The van der Waals surface area contributed by atoms with E-state index in [1.807, 2.05) is 18.2 Å². The van der Waals surface area contributed by atoms with E-state index in [1.165, 1.54) is 12.1 Å². The number of rotatable bonds is 6. The monoisotopic (exact) mass is 351 g/mol. The van der Waals surface area contributed by atoms with Gasteiger partial charge in [0.05, 0.1) is 0 Å². The highest BCUT2D eigenvalue weighted by Gasteiger charge is 2.13. The van der Waals surface area contributed by atoms with Gasteiger partial charge in [-0.3, -0.25) is 0 Å². The van der Waals surface area contributed by atoms with E-state index < -0.39 is 0 Å². The van der Waals surface area contributed by atoms with Crippen LogP contribution < -0.4 is 10.1 Å². The van der Waals surface area contributed by atoms with E-state index in [2.05, 4.69) is 35.1 Å². The Hall–Kier alpha value is -1.39. The Balaban J connectivity index is 2.26. The molecule has 21 heavy (non-hydrogen) atoms. The number of nitrogens with one attached hydrogen (secondary N) is 1. The first-order valence-corrected chi connectivity index (χ1v) is 7.85. The summed E-state index contributed by atoms with van der Waals surface area (Å²) in [6.45, 7) is 5.16. The second-order valence-corrected chi connectivity index (χ2v) is 5.83. The van der Waals surface area contributed by atoms with E-state index in [0.29, 0.717) is 5.75 Å². The highest BCUT2D eigenvalue weighted by molar-refractivity contribution is 9.10. The summed E-state index contributed by atoms with van der Waals surface area (Å²) >= 11 is 3.49. The molecule has 2 nitrogen and oxygen atoms in total. The summed E-state index contributed by atoms with van der Waals surface area (Å²) in [6.07, 6.45) is 1.07. The first-order valence-electron chi connectivity index (χ1n) is 7.06. The highest BCUT2D eigenvalue weighted by atomic mass is 79.9. The van der Waals surface area contributed by atoms with E-state index >= 15 is 0 Å². The lowest BCUT2D eigenvalue weighted by Crippen LogP contribution is -2.19. The summed E-state index contributed by atoms with van der Waals surface area (Å²) in [5, 5.41) is 3.44. The van der Waals surface area contributed by atoms with Gasteiger partial charge in [0, 0.05) is 22.1 Å². The molecule has 0 aliphatic rings. The molecule has 0 amide bonds. The van der Waals surface area contributed by atoms with Crippen molar-refractivity contribution in [2.24, 2.45) is 0 Å². The van der Waals surface area contributed by atoms with Gasteiger partial charge in [-0.15, -0.1) is 0 Å². The maximum Gasteiger partial charge on any atom is 0.132 e. The van der Waals surface area contributed by atoms with Gasteiger partial charge in [-0.2, -0.15) is 0 Å². The fourth-order valence-corrected chi connectivity index (χ4v) is 2.46. The zero-order chi connectivity index (χ0) is 15.2. The van der Waals surface area contributed by atoms with Gasteiger partial charge in [-0.25, -0.2) is 4.39 Å². The average molecular weight is 352 g/mol. The molecule has 1 atom stereocenters. The largest absolute Gasteiger partial charge is 0.457 e. The van der Waals surface area contributed by atoms with Gasteiger partial charge in [0.1, 0.15) is 17.3 Å². The van der Waals surface area contributed by atoms with E-state index in [9.17, 15) is 4.39 Å². The van der Waals surface area contributed by atoms with Crippen LogP contribution in [0.1, 0.15) is 31.9 Å². The summed E-state index contributed by atoms with van der Waals surface area (Å²) in [6, 6.07) is 12.2. The van der Waals surface area contributed by atoms with Crippen molar-refractivity contribution in [2.75, 3.05) is 6.54 Å². The van der Waals surface area contributed by atoms with Gasteiger partial charge >= 0.3 is 0 Å². The van der Waals surface area contributed by atoms with Crippen molar-refractivity contribution < 1.29 is 9.13 Å². The Kier molecular flexibility index (Phi) is 5.76. The Bertz CT molecular complexity index is 603. The quantitative estimate of drug-likeness (QED) is 0.747. The van der Waals surface area contributed by atoms with Crippen molar-refractivity contribution in [1.82, 2.24) is 5.32 Å². The number of ether oxygens (including phenoxy) is 1. The molecule has 0 fully saturated rings. The third-order valence-corrected chi connectivity index (χ3v) is 3.66. The van der Waals surface area contributed by atoms with Crippen LogP contribution in [0.15, 0.2) is 46.9 Å². The van der Waals surface area contributed by atoms with Crippen LogP contribution >= 0.6 is 15.9 Å². The van der Waals surface area contributed by atoms with E-state index in [1.54, 1.807) is 12.1 Å². The molecule has 2 aromatic rings. The minimum atomic E-state index is -0.302. The van der Waals surface area contributed by atoms with Crippen molar-refractivity contribution in [3.8, 4) is 11.5 Å². The van der Waals surface area contributed by atoms with Crippen LogP contribution in [0.5, 0.6) is 11.5 Å². The summed E-state index contributed by atoms with van der Waals surface area (Å²) in [4.78, 5) is 0. The molecule has 2 rings (SSSR count). The molecule has 112 valence electrons. The molecule has 0 aliphatic carbocycles. The second-order valence-electron chi connectivity index (χ2n) is 4.92. The molecule has 0 bridgehead atoms. The lowest BCUT2D eigenvalue weighted by atomic mass is 10.1. The standard InChI is InChI=1S/C17H19BrFNO/c1-3-9-20-12(2)16-10-13(18)7-8-17(16)21-15-6-4-5-14(19)11-15/h4-8,10-12,20H,3,9H2,1-2H3. The van der Waals surface area contributed by atoms with Crippen LogP contribution in [0.3, 0.4) is 0 Å². The SMILES string of the molecule is CCCNC(C)c1cc(Br)ccc1Oc1cccc(F)c1. The predicted octanol–water partition coefficient (Wildman–Crippen LogP) is 5.44. The minimum Gasteiger partial charge on any atom is -0.457 e. The summed E-state index contributed by atoms with van der Waals surface area (Å²) in [5.74, 6) is 0.935. The molecule has 4 heteroatoms. The predicted molar refractivity (Wildman–Crippen MR) is 87.3 cm³/mol. The van der Waals surface area contributed by atoms with E-state index in [0.717, 1.165) is 28.8 Å². The number of hydrogen-bond donors (Lipinski definition) is 1. The van der Waals surface area contributed by atoms with E-state index in [4.69, 9.17) is 4.74 Å². The zero-order valence-electron chi connectivity index (χ0n) is 12.2. The molecule has 1 N–H and O–H groups in total. The Morgan fingerprint density at radius 2 is 2.05 bits per heavy atom. The molecular formula is C17H19BrFNO. The zero-order valence-corrected chi connectivity index (χ0v) is 13.8. The first kappa shape index (κ1) is 16.0. The van der Waals surface area contributed by atoms with Crippen LogP contribution in [-0.4, -0.2) is 6.54 Å². The maximum absolute atomic E-state index is 13.3. The van der Waals surface area contributed by atoms with E-state index in [-0.39, 0.29) is 11.9 Å². The van der Waals surface area contributed by atoms with Crippen molar-refractivity contribution in [3.63, 3.8) is 0 Å². The molecule has 0 saturated heterocycles. The van der Waals surface area contributed by atoms with Crippen molar-refractivity contribution in [3.05, 3.63) is 58.3 Å². The minimum absolute atomic E-state index is 0.158.